The van der Waals surface area contributed by atoms with Crippen molar-refractivity contribution in [1.29, 1.82) is 0 Å². The van der Waals surface area contributed by atoms with Crippen molar-refractivity contribution in [3.05, 3.63) is 104 Å². The first-order chi connectivity index (χ1) is 20.9. The molecule has 3 heterocycles. The second kappa shape index (κ2) is 14.5. The molecule has 224 valence electrons. The van der Waals surface area contributed by atoms with Crippen LogP contribution in [-0.2, 0) is 17.8 Å². The van der Waals surface area contributed by atoms with Gasteiger partial charge in [0.15, 0.2) is 0 Å². The van der Waals surface area contributed by atoms with Gasteiger partial charge in [-0.05, 0) is 29.9 Å². The summed E-state index contributed by atoms with van der Waals surface area (Å²) in [5.74, 6) is -0.665. The van der Waals surface area contributed by atoms with Gasteiger partial charge in [-0.3, -0.25) is 19.3 Å². The zero-order valence-corrected chi connectivity index (χ0v) is 25.9. The molecule has 11 heteroatoms. The van der Waals surface area contributed by atoms with E-state index in [1.165, 1.54) is 22.7 Å². The van der Waals surface area contributed by atoms with Crippen molar-refractivity contribution >= 4 is 40.4 Å². The van der Waals surface area contributed by atoms with Gasteiger partial charge in [-0.15, -0.1) is 22.7 Å². The van der Waals surface area contributed by atoms with Crippen LogP contribution in [0.3, 0.4) is 0 Å². The van der Waals surface area contributed by atoms with Gasteiger partial charge in [-0.1, -0.05) is 74.5 Å². The summed E-state index contributed by atoms with van der Waals surface area (Å²) in [5, 5.41) is 14.0. The van der Waals surface area contributed by atoms with E-state index >= 15 is 0 Å². The molecular formula is C32H36N6O3S2. The number of amides is 3. The molecule has 4 bridgehead atoms. The van der Waals surface area contributed by atoms with Gasteiger partial charge in [0, 0.05) is 30.4 Å². The number of benzene rings is 2. The van der Waals surface area contributed by atoms with Crippen LogP contribution < -0.4 is 16.0 Å². The standard InChI is InChI=1S/C32H36N6O3S2/c1-21(2)28-32-36-25(19-43-32)29(40)33-14-9-15-38(17-23-12-7-4-8-13-23)18-27(39)34-24(16-22-10-5-3-6-11-22)31-35-26(20-42-31)30(41)37-28/h3-8,10-13,19-21,24,28H,9,14-18H2,1-2H3,(H,33,40)(H,34,39)(H,37,41)/t24-,28-/m0/s1. The van der Waals surface area contributed by atoms with E-state index in [4.69, 9.17) is 0 Å². The average Bonchev–Trinajstić information content (AvgIpc) is 3.69. The van der Waals surface area contributed by atoms with Crippen LogP contribution in [0.2, 0.25) is 0 Å². The summed E-state index contributed by atoms with van der Waals surface area (Å²) in [6, 6.07) is 19.2. The normalized spacial score (nSPS) is 19.1. The molecule has 9 nitrogen and oxygen atoms in total. The molecule has 0 spiro atoms. The second-order valence-electron chi connectivity index (χ2n) is 11.0. The Morgan fingerprint density at radius 1 is 0.837 bits per heavy atom. The number of fused-ring (bicyclic) bond motifs is 4. The van der Waals surface area contributed by atoms with Gasteiger partial charge < -0.3 is 16.0 Å². The molecule has 2 aromatic carbocycles. The Morgan fingerprint density at radius 2 is 1.47 bits per heavy atom. The number of nitrogens with zero attached hydrogens (tertiary/aromatic N) is 3. The van der Waals surface area contributed by atoms with Crippen molar-refractivity contribution in [3.63, 3.8) is 0 Å². The first kappa shape index (κ1) is 30.5. The van der Waals surface area contributed by atoms with Gasteiger partial charge >= 0.3 is 0 Å². The third-order valence-corrected chi connectivity index (χ3v) is 9.08. The Balaban J connectivity index is 1.44. The lowest BCUT2D eigenvalue weighted by atomic mass is 10.0. The first-order valence-corrected chi connectivity index (χ1v) is 16.2. The number of rotatable bonds is 5. The van der Waals surface area contributed by atoms with Crippen molar-refractivity contribution < 1.29 is 14.4 Å². The Labute approximate surface area is 259 Å². The number of aromatic nitrogens is 2. The fourth-order valence-electron chi connectivity index (χ4n) is 4.96. The van der Waals surface area contributed by atoms with E-state index < -0.39 is 6.04 Å². The highest BCUT2D eigenvalue weighted by Gasteiger charge is 2.27. The quantitative estimate of drug-likeness (QED) is 0.298. The molecule has 3 amide bonds. The Kier molecular flexibility index (Phi) is 10.3. The molecule has 0 saturated carbocycles. The summed E-state index contributed by atoms with van der Waals surface area (Å²) in [4.78, 5) is 51.1. The molecule has 3 N–H and O–H groups in total. The molecule has 4 aromatic rings. The van der Waals surface area contributed by atoms with Gasteiger partial charge in [-0.2, -0.15) is 0 Å². The fraction of sp³-hybridized carbons (Fsp3) is 0.344. The van der Waals surface area contributed by atoms with Crippen molar-refractivity contribution in [2.45, 2.75) is 45.3 Å². The van der Waals surface area contributed by atoms with Crippen molar-refractivity contribution in [2.24, 2.45) is 5.92 Å². The Bertz CT molecular complexity index is 1520. The van der Waals surface area contributed by atoms with E-state index in [-0.39, 0.29) is 41.9 Å². The molecular weight excluding hydrogens is 581 g/mol. The third kappa shape index (κ3) is 8.34. The minimum absolute atomic E-state index is 0.0407. The molecule has 0 radical (unpaired) electrons. The van der Waals surface area contributed by atoms with Crippen LogP contribution >= 0.6 is 22.7 Å². The van der Waals surface area contributed by atoms with E-state index in [2.05, 4.69) is 30.8 Å². The number of nitrogens with one attached hydrogen (secondary N) is 3. The summed E-state index contributed by atoms with van der Waals surface area (Å²) in [5.41, 5.74) is 2.78. The maximum atomic E-state index is 13.5. The summed E-state index contributed by atoms with van der Waals surface area (Å²) in [7, 11) is 0. The Hall–Kier alpha value is -3.93. The Morgan fingerprint density at radius 3 is 2.16 bits per heavy atom. The number of carbonyl (C=O) groups is 3. The minimum atomic E-state index is -0.399. The van der Waals surface area contributed by atoms with Crippen LogP contribution in [0.4, 0.5) is 0 Å². The monoisotopic (exact) mass is 616 g/mol. The van der Waals surface area contributed by atoms with Gasteiger partial charge in [0.1, 0.15) is 21.4 Å². The van der Waals surface area contributed by atoms with Crippen LogP contribution in [0.5, 0.6) is 0 Å². The molecule has 0 unspecified atom stereocenters. The summed E-state index contributed by atoms with van der Waals surface area (Å²) >= 11 is 2.72. The summed E-state index contributed by atoms with van der Waals surface area (Å²) in [6.07, 6.45) is 1.21. The summed E-state index contributed by atoms with van der Waals surface area (Å²) < 4.78 is 0. The van der Waals surface area contributed by atoms with E-state index in [9.17, 15) is 14.4 Å². The van der Waals surface area contributed by atoms with Crippen LogP contribution in [0, 0.1) is 5.92 Å². The first-order valence-electron chi connectivity index (χ1n) is 14.4. The predicted octanol–water partition coefficient (Wildman–Crippen LogP) is 4.76. The molecule has 2 aromatic heterocycles. The lowest BCUT2D eigenvalue weighted by Crippen LogP contribution is -2.40. The fourth-order valence-corrected chi connectivity index (χ4v) is 6.83. The van der Waals surface area contributed by atoms with Gasteiger partial charge in [0.25, 0.3) is 11.8 Å². The number of hydrogen-bond donors (Lipinski definition) is 3. The molecule has 0 fully saturated rings. The minimum Gasteiger partial charge on any atom is -0.351 e. The van der Waals surface area contributed by atoms with E-state index in [0.717, 1.165) is 11.1 Å². The predicted molar refractivity (Wildman–Crippen MR) is 169 cm³/mol. The summed E-state index contributed by atoms with van der Waals surface area (Å²) in [6.45, 7) is 5.84. The van der Waals surface area contributed by atoms with E-state index in [0.29, 0.717) is 48.2 Å². The highest BCUT2D eigenvalue weighted by Crippen LogP contribution is 2.27. The molecule has 0 saturated heterocycles. The largest absolute Gasteiger partial charge is 0.351 e. The molecule has 0 aliphatic carbocycles. The topological polar surface area (TPSA) is 116 Å². The van der Waals surface area contributed by atoms with Crippen molar-refractivity contribution in [3.8, 4) is 0 Å². The molecule has 43 heavy (non-hydrogen) atoms. The molecule has 1 aliphatic heterocycles. The van der Waals surface area contributed by atoms with Crippen molar-refractivity contribution in [1.82, 2.24) is 30.8 Å². The van der Waals surface area contributed by atoms with Gasteiger partial charge in [0.2, 0.25) is 5.91 Å². The third-order valence-electron chi connectivity index (χ3n) is 7.20. The molecule has 2 atom stereocenters. The highest BCUT2D eigenvalue weighted by atomic mass is 32.1. The number of hydrogen-bond acceptors (Lipinski definition) is 8. The van der Waals surface area contributed by atoms with Crippen molar-refractivity contribution in [2.75, 3.05) is 19.6 Å². The molecule has 1 aliphatic rings. The second-order valence-corrected chi connectivity index (χ2v) is 12.7. The van der Waals surface area contributed by atoms with Crippen LogP contribution in [0.15, 0.2) is 71.4 Å². The van der Waals surface area contributed by atoms with E-state index in [1.807, 2.05) is 74.5 Å². The maximum Gasteiger partial charge on any atom is 0.271 e. The smallest absolute Gasteiger partial charge is 0.271 e. The SMILES string of the molecule is CC(C)[C@@H]1NC(=O)c2csc(n2)[C@H](Cc2ccccc2)NC(=O)CN(Cc2ccccc2)CCCNC(=O)c2csc1n2. The lowest BCUT2D eigenvalue weighted by Gasteiger charge is -2.24. The molecule has 5 rings (SSSR count). The number of thiazole rings is 2. The van der Waals surface area contributed by atoms with Gasteiger partial charge in [0.05, 0.1) is 18.6 Å². The number of carbonyl (C=O) groups excluding carboxylic acids is 3. The van der Waals surface area contributed by atoms with Crippen LogP contribution in [0.25, 0.3) is 0 Å². The van der Waals surface area contributed by atoms with Crippen LogP contribution in [0.1, 0.15) is 74.5 Å². The van der Waals surface area contributed by atoms with Gasteiger partial charge in [-0.25, -0.2) is 9.97 Å². The zero-order chi connectivity index (χ0) is 30.2. The average molecular weight is 617 g/mol. The maximum absolute atomic E-state index is 13.5. The van der Waals surface area contributed by atoms with Crippen LogP contribution in [-0.4, -0.2) is 52.2 Å². The zero-order valence-electron chi connectivity index (χ0n) is 24.3. The highest BCUT2D eigenvalue weighted by molar-refractivity contribution is 7.10. The van der Waals surface area contributed by atoms with E-state index in [1.54, 1.807) is 10.8 Å². The lowest BCUT2D eigenvalue weighted by molar-refractivity contribution is -0.123.